The zero-order chi connectivity index (χ0) is 12.1. The Morgan fingerprint density at radius 2 is 2.12 bits per heavy atom. The van der Waals surface area contributed by atoms with E-state index in [9.17, 15) is 9.59 Å². The van der Waals surface area contributed by atoms with Crippen molar-refractivity contribution in [2.45, 2.75) is 6.42 Å². The molecule has 0 atom stereocenters. The van der Waals surface area contributed by atoms with Crippen LogP contribution in [-0.2, 0) is 4.79 Å². The van der Waals surface area contributed by atoms with Crippen LogP contribution >= 0.6 is 31.9 Å². The molecule has 0 bridgehead atoms. The molecule has 1 N–H and O–H groups in total. The third kappa shape index (κ3) is 3.40. The molecule has 0 saturated carbocycles. The molecule has 0 radical (unpaired) electrons. The van der Waals surface area contributed by atoms with Crippen molar-refractivity contribution in [2.75, 3.05) is 6.61 Å². The molecule has 1 rings (SSSR count). The summed E-state index contributed by atoms with van der Waals surface area (Å²) in [6.45, 7) is -0.288. The molecule has 4 nitrogen and oxygen atoms in total. The van der Waals surface area contributed by atoms with Crippen molar-refractivity contribution in [2.24, 2.45) is 0 Å². The van der Waals surface area contributed by atoms with E-state index in [4.69, 9.17) is 9.84 Å². The first-order chi connectivity index (χ1) is 7.58. The summed E-state index contributed by atoms with van der Waals surface area (Å²) in [6.07, 6.45) is 0.484. The molecule has 16 heavy (non-hydrogen) atoms. The lowest BCUT2D eigenvalue weighted by Crippen LogP contribution is -2.11. The van der Waals surface area contributed by atoms with Gasteiger partial charge in [-0.2, -0.15) is 0 Å². The van der Waals surface area contributed by atoms with Gasteiger partial charge in [-0.3, -0.25) is 9.59 Å². The number of aliphatic hydroxyl groups excluding tert-OH is 1. The van der Waals surface area contributed by atoms with Crippen molar-refractivity contribution >= 4 is 44.1 Å². The predicted molar refractivity (Wildman–Crippen MR) is 64.6 cm³/mol. The second-order valence-electron chi connectivity index (χ2n) is 2.87. The van der Waals surface area contributed by atoms with E-state index in [1.807, 2.05) is 0 Å². The Morgan fingerprint density at radius 3 is 2.69 bits per heavy atom. The molecule has 1 aromatic rings. The van der Waals surface area contributed by atoms with E-state index in [0.29, 0.717) is 15.2 Å². The van der Waals surface area contributed by atoms with Gasteiger partial charge in [-0.05, 0) is 28.1 Å². The lowest BCUT2D eigenvalue weighted by Gasteiger charge is -2.08. The number of aliphatic hydroxyl groups is 1. The van der Waals surface area contributed by atoms with Gasteiger partial charge in [0.15, 0.2) is 12.0 Å². The molecule has 0 aliphatic rings. The Hall–Kier alpha value is -0.720. The average Bonchev–Trinajstić information content (AvgIpc) is 2.22. The van der Waals surface area contributed by atoms with Crippen molar-refractivity contribution in [1.29, 1.82) is 0 Å². The number of ether oxygens (including phenoxy) is 1. The largest absolute Gasteiger partial charge is 0.424 e. The highest BCUT2D eigenvalue weighted by molar-refractivity contribution is 9.11. The van der Waals surface area contributed by atoms with E-state index in [0.717, 1.165) is 0 Å². The highest BCUT2D eigenvalue weighted by Crippen LogP contribution is 2.32. The lowest BCUT2D eigenvalue weighted by molar-refractivity contribution is -0.135. The molecule has 0 amide bonds. The van der Waals surface area contributed by atoms with Crippen LogP contribution in [0, 0.1) is 0 Å². The van der Waals surface area contributed by atoms with E-state index < -0.39 is 5.97 Å². The summed E-state index contributed by atoms with van der Waals surface area (Å²) in [6, 6.07) is 3.20. The monoisotopic (exact) mass is 350 g/mol. The zero-order valence-corrected chi connectivity index (χ0v) is 11.2. The van der Waals surface area contributed by atoms with Gasteiger partial charge in [0.05, 0.1) is 23.1 Å². The van der Waals surface area contributed by atoms with Gasteiger partial charge in [-0.1, -0.05) is 15.9 Å². The number of aldehydes is 1. The summed E-state index contributed by atoms with van der Waals surface area (Å²) < 4.78 is 6.16. The molecule has 1 aromatic carbocycles. The van der Waals surface area contributed by atoms with E-state index >= 15 is 0 Å². The van der Waals surface area contributed by atoms with E-state index in [2.05, 4.69) is 31.9 Å². The standard InChI is InChI=1S/C10H8Br2O4/c11-7-3-6(5-14)10(8(12)4-7)16-9(15)1-2-13/h3-5,13H,1-2H2. The zero-order valence-electron chi connectivity index (χ0n) is 8.07. The van der Waals surface area contributed by atoms with Crippen molar-refractivity contribution in [3.05, 3.63) is 26.6 Å². The Balaban J connectivity index is 3.02. The molecule has 0 fully saturated rings. The van der Waals surface area contributed by atoms with Crippen LogP contribution in [0.4, 0.5) is 0 Å². The summed E-state index contributed by atoms with van der Waals surface area (Å²) in [7, 11) is 0. The fraction of sp³-hybridized carbons (Fsp3) is 0.200. The number of carbonyl (C=O) groups excluding carboxylic acids is 2. The van der Waals surface area contributed by atoms with Gasteiger partial charge in [0.1, 0.15) is 0 Å². The molecule has 0 saturated heterocycles. The Labute approximate surface area is 109 Å². The molecule has 0 aliphatic heterocycles. The van der Waals surface area contributed by atoms with Crippen LogP contribution in [0.1, 0.15) is 16.8 Å². The van der Waals surface area contributed by atoms with Crippen molar-refractivity contribution in [3.8, 4) is 5.75 Å². The third-order valence-electron chi connectivity index (χ3n) is 1.70. The number of rotatable bonds is 4. The summed E-state index contributed by atoms with van der Waals surface area (Å²) in [5.41, 5.74) is 0.257. The normalized spacial score (nSPS) is 9.94. The van der Waals surface area contributed by atoms with Gasteiger partial charge < -0.3 is 9.84 Å². The number of hydrogen-bond donors (Lipinski definition) is 1. The highest BCUT2D eigenvalue weighted by Gasteiger charge is 2.13. The lowest BCUT2D eigenvalue weighted by atomic mass is 10.2. The highest BCUT2D eigenvalue weighted by atomic mass is 79.9. The SMILES string of the molecule is O=Cc1cc(Br)cc(Br)c1OC(=O)CCO. The second kappa shape index (κ2) is 6.12. The summed E-state index contributed by atoms with van der Waals surface area (Å²) in [4.78, 5) is 22.0. The van der Waals surface area contributed by atoms with E-state index in [1.54, 1.807) is 12.1 Å². The number of esters is 1. The first kappa shape index (κ1) is 13.3. The topological polar surface area (TPSA) is 63.6 Å². The first-order valence-corrected chi connectivity index (χ1v) is 5.93. The van der Waals surface area contributed by atoms with Crippen LogP contribution in [0.25, 0.3) is 0 Å². The number of hydrogen-bond acceptors (Lipinski definition) is 4. The predicted octanol–water partition coefficient (Wildman–Crippen LogP) is 2.31. The second-order valence-corrected chi connectivity index (χ2v) is 4.64. The maximum atomic E-state index is 11.2. The Morgan fingerprint density at radius 1 is 1.44 bits per heavy atom. The Bertz CT molecular complexity index is 418. The summed E-state index contributed by atoms with van der Waals surface area (Å²) >= 11 is 6.41. The maximum absolute atomic E-state index is 11.2. The summed E-state index contributed by atoms with van der Waals surface area (Å²) in [5.74, 6) is -0.426. The van der Waals surface area contributed by atoms with Gasteiger partial charge >= 0.3 is 5.97 Å². The van der Waals surface area contributed by atoms with Gasteiger partial charge in [0.25, 0.3) is 0 Å². The minimum Gasteiger partial charge on any atom is -0.424 e. The molecule has 86 valence electrons. The van der Waals surface area contributed by atoms with Crippen molar-refractivity contribution < 1.29 is 19.4 Å². The van der Waals surface area contributed by atoms with Gasteiger partial charge in [0.2, 0.25) is 0 Å². The molecule has 0 unspecified atom stereocenters. The fourth-order valence-corrected chi connectivity index (χ4v) is 2.37. The van der Waals surface area contributed by atoms with Gasteiger partial charge in [-0.25, -0.2) is 0 Å². The van der Waals surface area contributed by atoms with E-state index in [-0.39, 0.29) is 24.3 Å². The number of carbonyl (C=O) groups is 2. The molecular formula is C10H8Br2O4. The Kier molecular flexibility index (Phi) is 5.11. The third-order valence-corrected chi connectivity index (χ3v) is 2.74. The van der Waals surface area contributed by atoms with Gasteiger partial charge in [0, 0.05) is 4.47 Å². The van der Waals surface area contributed by atoms with Crippen molar-refractivity contribution in [1.82, 2.24) is 0 Å². The van der Waals surface area contributed by atoms with Crippen LogP contribution in [0.2, 0.25) is 0 Å². The summed E-state index contributed by atoms with van der Waals surface area (Å²) in [5, 5.41) is 8.57. The van der Waals surface area contributed by atoms with Crippen LogP contribution in [0.3, 0.4) is 0 Å². The molecule has 0 heterocycles. The fourth-order valence-electron chi connectivity index (χ4n) is 1.03. The van der Waals surface area contributed by atoms with Crippen LogP contribution in [-0.4, -0.2) is 24.0 Å². The average molecular weight is 352 g/mol. The maximum Gasteiger partial charge on any atom is 0.313 e. The number of benzene rings is 1. The molecular weight excluding hydrogens is 344 g/mol. The van der Waals surface area contributed by atoms with Gasteiger partial charge in [-0.15, -0.1) is 0 Å². The first-order valence-electron chi connectivity index (χ1n) is 4.34. The molecule has 0 aromatic heterocycles. The number of halogens is 2. The minimum atomic E-state index is -0.589. The van der Waals surface area contributed by atoms with Crippen LogP contribution in [0.15, 0.2) is 21.1 Å². The minimum absolute atomic E-state index is 0.110. The van der Waals surface area contributed by atoms with Crippen LogP contribution < -0.4 is 4.74 Å². The quantitative estimate of drug-likeness (QED) is 0.513. The smallest absolute Gasteiger partial charge is 0.313 e. The van der Waals surface area contributed by atoms with Crippen molar-refractivity contribution in [3.63, 3.8) is 0 Å². The molecule has 6 heteroatoms. The van der Waals surface area contributed by atoms with E-state index in [1.165, 1.54) is 0 Å². The van der Waals surface area contributed by atoms with Crippen LogP contribution in [0.5, 0.6) is 5.75 Å². The molecule has 0 aliphatic carbocycles. The molecule has 0 spiro atoms.